The number of ether oxygens (including phenoxy) is 2. The number of hydrogen-bond acceptors (Lipinski definition) is 5. The van der Waals surface area contributed by atoms with E-state index in [0.717, 1.165) is 27.4 Å². The molecule has 0 bridgehead atoms. The van der Waals surface area contributed by atoms with Gasteiger partial charge in [-0.3, -0.25) is 0 Å². The third-order valence-corrected chi connectivity index (χ3v) is 3.66. The molecule has 0 unspecified atom stereocenters. The molecule has 4 nitrogen and oxygen atoms in total. The minimum atomic E-state index is 0.542. The van der Waals surface area contributed by atoms with Gasteiger partial charge in [-0.2, -0.15) is 0 Å². The van der Waals surface area contributed by atoms with Gasteiger partial charge in [-0.1, -0.05) is 6.07 Å². The fourth-order valence-electron chi connectivity index (χ4n) is 1.86. The molecule has 1 aromatic carbocycles. The molecular weight excluding hydrogens is 260 g/mol. The lowest BCUT2D eigenvalue weighted by Crippen LogP contribution is -1.95. The maximum atomic E-state index is 5.34. The van der Waals surface area contributed by atoms with Crippen molar-refractivity contribution in [3.05, 3.63) is 35.7 Å². The molecule has 0 spiro atoms. The topological polar surface area (TPSA) is 44.2 Å². The van der Waals surface area contributed by atoms with Crippen molar-refractivity contribution in [2.24, 2.45) is 0 Å². The maximum Gasteiger partial charge on any atom is 0.241 e. The average molecular weight is 272 g/mol. The molecule has 3 rings (SSSR count). The summed E-state index contributed by atoms with van der Waals surface area (Å²) in [5.74, 6) is 1.31. The quantitative estimate of drug-likeness (QED) is 0.733. The molecule has 2 aromatic heterocycles. The molecule has 0 atom stereocenters. The van der Waals surface area contributed by atoms with Crippen molar-refractivity contribution in [2.75, 3.05) is 14.2 Å². The van der Waals surface area contributed by atoms with Gasteiger partial charge in [-0.25, -0.2) is 9.97 Å². The smallest absolute Gasteiger partial charge is 0.241 e. The zero-order chi connectivity index (χ0) is 13.2. The summed E-state index contributed by atoms with van der Waals surface area (Å²) in [6.45, 7) is 0. The Morgan fingerprint density at radius 1 is 1.00 bits per heavy atom. The highest BCUT2D eigenvalue weighted by Gasteiger charge is 2.12. The molecule has 0 amide bonds. The lowest BCUT2D eigenvalue weighted by atomic mass is 10.2. The number of rotatable bonds is 3. The molecule has 2 heterocycles. The second kappa shape index (κ2) is 4.85. The van der Waals surface area contributed by atoms with E-state index in [-0.39, 0.29) is 0 Å². The SMILES string of the molecule is COc1ccc2nc(OC)c(-c3cccs3)nc2c1. The third kappa shape index (κ3) is 2.13. The van der Waals surface area contributed by atoms with E-state index in [9.17, 15) is 0 Å². The van der Waals surface area contributed by atoms with Gasteiger partial charge in [0.2, 0.25) is 5.88 Å². The van der Waals surface area contributed by atoms with Crippen LogP contribution in [0.15, 0.2) is 35.7 Å². The molecule has 0 saturated carbocycles. The number of fused-ring (bicyclic) bond motifs is 1. The number of thiophene rings is 1. The molecule has 0 N–H and O–H groups in total. The first-order chi connectivity index (χ1) is 9.31. The van der Waals surface area contributed by atoms with E-state index in [4.69, 9.17) is 9.47 Å². The lowest BCUT2D eigenvalue weighted by molar-refractivity contribution is 0.399. The summed E-state index contributed by atoms with van der Waals surface area (Å²) in [5.41, 5.74) is 2.35. The van der Waals surface area contributed by atoms with Crippen LogP contribution in [0.2, 0.25) is 0 Å². The first-order valence-electron chi connectivity index (χ1n) is 5.75. The van der Waals surface area contributed by atoms with Gasteiger partial charge in [0.05, 0.1) is 30.1 Å². The van der Waals surface area contributed by atoms with E-state index < -0.39 is 0 Å². The highest BCUT2D eigenvalue weighted by atomic mass is 32.1. The zero-order valence-corrected chi connectivity index (χ0v) is 11.4. The third-order valence-electron chi connectivity index (χ3n) is 2.79. The molecule has 0 fully saturated rings. The van der Waals surface area contributed by atoms with Crippen LogP contribution < -0.4 is 9.47 Å². The minimum absolute atomic E-state index is 0.542. The van der Waals surface area contributed by atoms with Gasteiger partial charge in [0.1, 0.15) is 11.4 Å². The van der Waals surface area contributed by atoms with Crippen molar-refractivity contribution in [2.45, 2.75) is 0 Å². The molecule has 5 heteroatoms. The van der Waals surface area contributed by atoms with Gasteiger partial charge in [-0.05, 0) is 23.6 Å². The van der Waals surface area contributed by atoms with Crippen molar-refractivity contribution < 1.29 is 9.47 Å². The molecule has 19 heavy (non-hydrogen) atoms. The summed E-state index contributed by atoms with van der Waals surface area (Å²) in [5, 5.41) is 2.01. The predicted octanol–water partition coefficient (Wildman–Crippen LogP) is 3.38. The van der Waals surface area contributed by atoms with Crippen molar-refractivity contribution in [1.82, 2.24) is 9.97 Å². The maximum absolute atomic E-state index is 5.34. The Balaban J connectivity index is 2.25. The molecule has 0 radical (unpaired) electrons. The fourth-order valence-corrected chi connectivity index (χ4v) is 2.57. The number of nitrogens with zero attached hydrogens (tertiary/aromatic N) is 2. The highest BCUT2D eigenvalue weighted by molar-refractivity contribution is 7.13. The first kappa shape index (κ1) is 11.9. The summed E-state index contributed by atoms with van der Waals surface area (Å²) >= 11 is 1.61. The Morgan fingerprint density at radius 2 is 1.89 bits per heavy atom. The van der Waals surface area contributed by atoms with Crippen molar-refractivity contribution in [1.29, 1.82) is 0 Å². The van der Waals surface area contributed by atoms with Crippen LogP contribution in [-0.4, -0.2) is 24.2 Å². The zero-order valence-electron chi connectivity index (χ0n) is 10.6. The van der Waals surface area contributed by atoms with Gasteiger partial charge >= 0.3 is 0 Å². The van der Waals surface area contributed by atoms with Crippen LogP contribution in [0, 0.1) is 0 Å². The second-order valence-electron chi connectivity index (χ2n) is 3.91. The van der Waals surface area contributed by atoms with Crippen LogP contribution in [-0.2, 0) is 0 Å². The van der Waals surface area contributed by atoms with Gasteiger partial charge in [0, 0.05) is 6.07 Å². The van der Waals surface area contributed by atoms with E-state index in [1.807, 2.05) is 35.7 Å². The van der Waals surface area contributed by atoms with Crippen LogP contribution >= 0.6 is 11.3 Å². The normalized spacial score (nSPS) is 10.6. The Bertz CT molecular complexity index is 711. The average Bonchev–Trinajstić information content (AvgIpc) is 2.99. The summed E-state index contributed by atoms with van der Waals surface area (Å²) in [6, 6.07) is 9.60. The Morgan fingerprint density at radius 3 is 2.58 bits per heavy atom. The predicted molar refractivity (Wildman–Crippen MR) is 76.0 cm³/mol. The number of benzene rings is 1. The molecule has 3 aromatic rings. The van der Waals surface area contributed by atoms with Crippen molar-refractivity contribution in [3.8, 4) is 22.2 Å². The summed E-state index contributed by atoms with van der Waals surface area (Å²) in [6.07, 6.45) is 0. The van der Waals surface area contributed by atoms with Crippen LogP contribution in [0.3, 0.4) is 0 Å². The van der Waals surface area contributed by atoms with Crippen molar-refractivity contribution in [3.63, 3.8) is 0 Å². The Labute approximate surface area is 114 Å². The second-order valence-corrected chi connectivity index (χ2v) is 4.86. The van der Waals surface area contributed by atoms with Gasteiger partial charge < -0.3 is 9.47 Å². The standard InChI is InChI=1S/C14H12N2O2S/c1-17-9-5-6-10-11(8-9)15-13(14(16-10)18-2)12-4-3-7-19-12/h3-8H,1-2H3. The Hall–Kier alpha value is -2.14. The summed E-state index contributed by atoms with van der Waals surface area (Å²) in [7, 11) is 3.24. The van der Waals surface area contributed by atoms with Gasteiger partial charge in [0.15, 0.2) is 0 Å². The van der Waals surface area contributed by atoms with Crippen LogP contribution in [0.5, 0.6) is 11.6 Å². The first-order valence-corrected chi connectivity index (χ1v) is 6.63. The van der Waals surface area contributed by atoms with E-state index in [1.54, 1.807) is 25.6 Å². The number of methoxy groups -OCH3 is 2. The van der Waals surface area contributed by atoms with Crippen LogP contribution in [0.4, 0.5) is 0 Å². The molecule has 0 aliphatic carbocycles. The van der Waals surface area contributed by atoms with E-state index in [0.29, 0.717) is 5.88 Å². The fraction of sp³-hybridized carbons (Fsp3) is 0.143. The monoisotopic (exact) mass is 272 g/mol. The van der Waals surface area contributed by atoms with Crippen molar-refractivity contribution >= 4 is 22.4 Å². The van der Waals surface area contributed by atoms with Crippen LogP contribution in [0.25, 0.3) is 21.6 Å². The van der Waals surface area contributed by atoms with E-state index in [1.165, 1.54) is 0 Å². The minimum Gasteiger partial charge on any atom is -0.497 e. The Kier molecular flexibility index (Phi) is 3.05. The van der Waals surface area contributed by atoms with Gasteiger partial charge in [0.25, 0.3) is 0 Å². The summed E-state index contributed by atoms with van der Waals surface area (Å²) < 4.78 is 10.5. The summed E-state index contributed by atoms with van der Waals surface area (Å²) in [4.78, 5) is 10.2. The molecule has 96 valence electrons. The van der Waals surface area contributed by atoms with E-state index >= 15 is 0 Å². The van der Waals surface area contributed by atoms with Crippen LogP contribution in [0.1, 0.15) is 0 Å². The lowest BCUT2D eigenvalue weighted by Gasteiger charge is -2.08. The molecule has 0 aliphatic heterocycles. The molecular formula is C14H12N2O2S. The molecule has 0 saturated heterocycles. The largest absolute Gasteiger partial charge is 0.497 e. The number of aromatic nitrogens is 2. The van der Waals surface area contributed by atoms with Gasteiger partial charge in [-0.15, -0.1) is 11.3 Å². The highest BCUT2D eigenvalue weighted by Crippen LogP contribution is 2.32. The van der Waals surface area contributed by atoms with E-state index in [2.05, 4.69) is 9.97 Å². The molecule has 0 aliphatic rings. The number of hydrogen-bond donors (Lipinski definition) is 0.